The third-order valence-corrected chi connectivity index (χ3v) is 5.30. The molecule has 0 heterocycles. The first-order valence-corrected chi connectivity index (χ1v) is 9.25. The molecule has 0 fully saturated rings. The van der Waals surface area contributed by atoms with Gasteiger partial charge in [0.05, 0.1) is 6.61 Å². The van der Waals surface area contributed by atoms with Gasteiger partial charge < -0.3 is 20.4 Å². The lowest BCUT2D eigenvalue weighted by molar-refractivity contribution is 0.275. The van der Waals surface area contributed by atoms with Crippen LogP contribution in [0.2, 0.25) is 0 Å². The van der Waals surface area contributed by atoms with E-state index in [0.29, 0.717) is 5.56 Å². The van der Waals surface area contributed by atoms with Crippen molar-refractivity contribution in [3.05, 3.63) is 87.0 Å². The fourth-order valence-electron chi connectivity index (χ4n) is 3.80. The Morgan fingerprint density at radius 1 is 0.643 bits per heavy atom. The van der Waals surface area contributed by atoms with E-state index in [4.69, 9.17) is 0 Å². The maximum atomic E-state index is 10.2. The van der Waals surface area contributed by atoms with Crippen LogP contribution < -0.4 is 0 Å². The van der Waals surface area contributed by atoms with Crippen molar-refractivity contribution >= 4 is 0 Å². The molecule has 0 amide bonds. The predicted octanol–water partition coefficient (Wildman–Crippen LogP) is 4.71. The molecule has 3 aromatic carbocycles. The van der Waals surface area contributed by atoms with E-state index >= 15 is 0 Å². The van der Waals surface area contributed by atoms with Gasteiger partial charge in [-0.2, -0.15) is 0 Å². The second-order valence-electron chi connectivity index (χ2n) is 7.49. The quantitative estimate of drug-likeness (QED) is 0.496. The molecule has 28 heavy (non-hydrogen) atoms. The highest BCUT2D eigenvalue weighted by Gasteiger charge is 2.21. The van der Waals surface area contributed by atoms with Crippen LogP contribution in [0.1, 0.15) is 50.4 Å². The summed E-state index contributed by atoms with van der Waals surface area (Å²) in [4.78, 5) is 0. The average molecular weight is 378 g/mol. The topological polar surface area (TPSA) is 80.9 Å². The molecule has 3 rings (SSSR count). The molecule has 0 saturated heterocycles. The van der Waals surface area contributed by atoms with Crippen molar-refractivity contribution < 1.29 is 20.4 Å². The minimum absolute atomic E-state index is 0.0566. The van der Waals surface area contributed by atoms with Crippen LogP contribution in [0.25, 0.3) is 0 Å². The standard InChI is InChI=1S/C24H26O4/c1-13-7-18(8-14(2)23(13)27)22(17-5-6-21(26)20(11-17)12-25)19-9-15(3)24(28)16(4)10-19/h5-11,22,25-28H,12H2,1-4H3. The van der Waals surface area contributed by atoms with Gasteiger partial charge in [-0.3, -0.25) is 0 Å². The monoisotopic (exact) mass is 378 g/mol. The highest BCUT2D eigenvalue weighted by atomic mass is 16.3. The van der Waals surface area contributed by atoms with Crippen LogP contribution in [-0.2, 0) is 6.61 Å². The number of aliphatic hydroxyl groups is 1. The van der Waals surface area contributed by atoms with Crippen LogP contribution in [-0.4, -0.2) is 20.4 Å². The molecule has 0 spiro atoms. The first kappa shape index (κ1) is 19.8. The van der Waals surface area contributed by atoms with Gasteiger partial charge in [-0.1, -0.05) is 30.3 Å². The van der Waals surface area contributed by atoms with E-state index in [0.717, 1.165) is 38.9 Å². The second-order valence-corrected chi connectivity index (χ2v) is 7.49. The zero-order chi connectivity index (χ0) is 20.6. The molecule has 0 aliphatic rings. The summed E-state index contributed by atoms with van der Waals surface area (Å²) in [7, 11) is 0. The van der Waals surface area contributed by atoms with Gasteiger partial charge in [0.15, 0.2) is 0 Å². The van der Waals surface area contributed by atoms with E-state index < -0.39 is 0 Å². The van der Waals surface area contributed by atoms with Gasteiger partial charge in [0.2, 0.25) is 0 Å². The minimum atomic E-state index is -0.256. The zero-order valence-electron chi connectivity index (χ0n) is 16.6. The number of hydrogen-bond donors (Lipinski definition) is 4. The van der Waals surface area contributed by atoms with Crippen molar-refractivity contribution in [2.24, 2.45) is 0 Å². The molecule has 0 aliphatic carbocycles. The lowest BCUT2D eigenvalue weighted by Gasteiger charge is -2.23. The molecule has 4 nitrogen and oxygen atoms in total. The van der Waals surface area contributed by atoms with E-state index in [2.05, 4.69) is 0 Å². The SMILES string of the molecule is Cc1cc(C(c2cc(C)c(O)c(C)c2)c2ccc(O)c(CO)c2)cc(C)c1O. The fourth-order valence-corrected chi connectivity index (χ4v) is 3.80. The normalized spacial score (nSPS) is 11.2. The molecule has 4 N–H and O–H groups in total. The minimum Gasteiger partial charge on any atom is -0.508 e. The maximum Gasteiger partial charge on any atom is 0.121 e. The van der Waals surface area contributed by atoms with Crippen LogP contribution in [0.15, 0.2) is 42.5 Å². The summed E-state index contributed by atoms with van der Waals surface area (Å²) in [6, 6.07) is 13.1. The molecule has 3 aromatic rings. The van der Waals surface area contributed by atoms with E-state index in [1.54, 1.807) is 12.1 Å². The first-order valence-electron chi connectivity index (χ1n) is 9.25. The molecule has 0 aromatic heterocycles. The fraction of sp³-hybridized carbons (Fsp3) is 0.250. The summed E-state index contributed by atoms with van der Waals surface area (Å²) in [6.07, 6.45) is 0. The van der Waals surface area contributed by atoms with E-state index in [-0.39, 0.29) is 29.8 Å². The Balaban J connectivity index is 2.29. The van der Waals surface area contributed by atoms with E-state index in [9.17, 15) is 20.4 Å². The number of rotatable bonds is 4. The van der Waals surface area contributed by atoms with Crippen molar-refractivity contribution in [1.82, 2.24) is 0 Å². The Morgan fingerprint density at radius 2 is 1.07 bits per heavy atom. The molecule has 0 radical (unpaired) electrons. The molecule has 4 heteroatoms. The lowest BCUT2D eigenvalue weighted by atomic mass is 9.82. The van der Waals surface area contributed by atoms with E-state index in [1.165, 1.54) is 0 Å². The maximum absolute atomic E-state index is 10.2. The summed E-state index contributed by atoms with van der Waals surface area (Å²) in [5, 5.41) is 40.0. The van der Waals surface area contributed by atoms with Gasteiger partial charge in [0, 0.05) is 11.5 Å². The first-order chi connectivity index (χ1) is 13.2. The molecule has 0 unspecified atom stereocenters. The van der Waals surface area contributed by atoms with Gasteiger partial charge in [-0.15, -0.1) is 0 Å². The van der Waals surface area contributed by atoms with Gasteiger partial charge in [-0.25, -0.2) is 0 Å². The van der Waals surface area contributed by atoms with Crippen LogP contribution >= 0.6 is 0 Å². The summed E-state index contributed by atoms with van der Waals surface area (Å²) in [5.41, 5.74) is 6.50. The second kappa shape index (κ2) is 7.56. The summed E-state index contributed by atoms with van der Waals surface area (Å²) < 4.78 is 0. The molecular formula is C24H26O4. The van der Waals surface area contributed by atoms with Crippen LogP contribution in [0.5, 0.6) is 17.2 Å². The number of hydrogen-bond acceptors (Lipinski definition) is 4. The third kappa shape index (κ3) is 3.56. The van der Waals surface area contributed by atoms with Crippen LogP contribution in [0.4, 0.5) is 0 Å². The van der Waals surface area contributed by atoms with Crippen molar-refractivity contribution in [3.63, 3.8) is 0 Å². The molecule has 0 bridgehead atoms. The molecule has 0 atom stereocenters. The smallest absolute Gasteiger partial charge is 0.121 e. The lowest BCUT2D eigenvalue weighted by Crippen LogP contribution is -2.06. The number of aryl methyl sites for hydroxylation is 4. The van der Waals surface area contributed by atoms with Crippen molar-refractivity contribution in [3.8, 4) is 17.2 Å². The Kier molecular flexibility index (Phi) is 5.34. The Labute approximate surface area is 165 Å². The van der Waals surface area contributed by atoms with Gasteiger partial charge in [-0.05, 0) is 78.8 Å². The average Bonchev–Trinajstić information content (AvgIpc) is 2.65. The summed E-state index contributed by atoms with van der Waals surface area (Å²) in [5.74, 6) is 0.438. The number of benzene rings is 3. The van der Waals surface area contributed by atoms with Gasteiger partial charge in [0.1, 0.15) is 17.2 Å². The molecule has 0 aliphatic heterocycles. The molecular weight excluding hydrogens is 352 g/mol. The van der Waals surface area contributed by atoms with Gasteiger partial charge >= 0.3 is 0 Å². The third-order valence-electron chi connectivity index (χ3n) is 5.30. The number of phenols is 3. The highest BCUT2D eigenvalue weighted by Crippen LogP contribution is 2.39. The van der Waals surface area contributed by atoms with Crippen LogP contribution in [0, 0.1) is 27.7 Å². The summed E-state index contributed by atoms with van der Waals surface area (Å²) in [6.45, 7) is 7.21. The number of aromatic hydroxyl groups is 3. The predicted molar refractivity (Wildman–Crippen MR) is 110 cm³/mol. The largest absolute Gasteiger partial charge is 0.508 e. The molecule has 146 valence electrons. The Bertz CT molecular complexity index is 933. The Morgan fingerprint density at radius 3 is 1.46 bits per heavy atom. The molecule has 0 saturated carbocycles. The van der Waals surface area contributed by atoms with Gasteiger partial charge in [0.25, 0.3) is 0 Å². The zero-order valence-corrected chi connectivity index (χ0v) is 16.6. The highest BCUT2D eigenvalue weighted by molar-refractivity contribution is 5.54. The number of phenolic OH excluding ortho intramolecular Hbond substituents is 2. The van der Waals surface area contributed by atoms with Crippen LogP contribution in [0.3, 0.4) is 0 Å². The van der Waals surface area contributed by atoms with Crippen molar-refractivity contribution in [1.29, 1.82) is 0 Å². The Hall–Kier alpha value is -2.98. The number of aliphatic hydroxyl groups excluding tert-OH is 1. The van der Waals surface area contributed by atoms with Crippen molar-refractivity contribution in [2.45, 2.75) is 40.2 Å². The summed E-state index contributed by atoms with van der Waals surface area (Å²) >= 11 is 0. The van der Waals surface area contributed by atoms with E-state index in [1.807, 2.05) is 58.0 Å². The van der Waals surface area contributed by atoms with Crippen molar-refractivity contribution in [2.75, 3.05) is 0 Å².